The van der Waals surface area contributed by atoms with Crippen molar-refractivity contribution in [3.63, 3.8) is 0 Å². The van der Waals surface area contributed by atoms with Crippen LogP contribution in [0.25, 0.3) is 0 Å². The maximum atomic E-state index is 14.4. The van der Waals surface area contributed by atoms with E-state index in [0.717, 1.165) is 30.8 Å². The van der Waals surface area contributed by atoms with Gasteiger partial charge in [-0.2, -0.15) is 0 Å². The maximum absolute atomic E-state index is 14.4. The van der Waals surface area contributed by atoms with Crippen LogP contribution in [0.15, 0.2) is 91.5 Å². The first kappa shape index (κ1) is 45.1. The number of hydrogen-bond donors (Lipinski definition) is 0. The van der Waals surface area contributed by atoms with Crippen molar-refractivity contribution in [3.05, 3.63) is 108 Å². The molecular formula is C38H44N5Na2O9P. The zero-order valence-electron chi connectivity index (χ0n) is 31.5. The molecule has 3 aliphatic heterocycles. The Kier molecular flexibility index (Phi) is 17.5. The van der Waals surface area contributed by atoms with Crippen molar-refractivity contribution in [2.75, 3.05) is 59.1 Å². The molecule has 3 aromatic carbocycles. The molecule has 3 aliphatic rings. The number of phosphoric ester groups is 1. The molecule has 0 saturated carbocycles. The second-order valence-electron chi connectivity index (χ2n) is 13.2. The van der Waals surface area contributed by atoms with Crippen LogP contribution in [0.5, 0.6) is 11.5 Å². The van der Waals surface area contributed by atoms with Crippen molar-refractivity contribution in [2.24, 2.45) is 0 Å². The summed E-state index contributed by atoms with van der Waals surface area (Å²) < 4.78 is 27.1. The van der Waals surface area contributed by atoms with Gasteiger partial charge in [0.25, 0.3) is 0 Å². The molecule has 3 fully saturated rings. The van der Waals surface area contributed by atoms with Crippen molar-refractivity contribution in [2.45, 2.75) is 38.0 Å². The minimum atomic E-state index is -5.27. The molecule has 0 radical (unpaired) electrons. The third kappa shape index (κ3) is 12.5. The second kappa shape index (κ2) is 21.3. The van der Waals surface area contributed by atoms with Gasteiger partial charge in [-0.3, -0.25) is 19.3 Å². The van der Waals surface area contributed by atoms with Crippen LogP contribution in [-0.4, -0.2) is 114 Å². The molecule has 3 heterocycles. The molecule has 3 aromatic rings. The molecule has 0 aliphatic carbocycles. The average molecular weight is 792 g/mol. The van der Waals surface area contributed by atoms with Crippen LogP contribution >= 0.6 is 7.82 Å². The Morgan fingerprint density at radius 2 is 1.64 bits per heavy atom. The Morgan fingerprint density at radius 3 is 2.33 bits per heavy atom. The van der Waals surface area contributed by atoms with E-state index in [4.69, 9.17) is 9.47 Å². The molecule has 0 unspecified atom stereocenters. The number of fused-ring (bicyclic) bond motifs is 1. The zero-order chi connectivity index (χ0) is 37.4. The predicted octanol–water partition coefficient (Wildman–Crippen LogP) is -4.40. The number of aryl methyl sites for hydroxylation is 1. The standard InChI is InChI=1S/C38H46N5O9P.2Na/c1-2-17-41-28-37(45)42-34(25-30-11-14-32(15-12-30)52-53(47,48)49)38(46)40(27-35(42)43(41)36(44)16-13-29-7-4-3-5-8-29)26-31-9-6-10-33(24-31)51-23-20-39-18-21-50-22-19-39;;/h2-12,14-15,24,34-35H,1,13,16-23,25-28H2,(H2,47,48,49);;/q;2*+1/p-2/t34-,35-;;/m0../s1. The Balaban J connectivity index is 0.00000336. The summed E-state index contributed by atoms with van der Waals surface area (Å²) in [4.78, 5) is 70.3. The molecule has 0 N–H and O–H groups in total. The fraction of sp³-hybridized carbons (Fsp3) is 0.395. The molecule has 2 atom stereocenters. The first-order valence-corrected chi connectivity index (χ1v) is 19.2. The number of rotatable bonds is 15. The van der Waals surface area contributed by atoms with Crippen molar-refractivity contribution in [1.82, 2.24) is 24.7 Å². The van der Waals surface area contributed by atoms with Gasteiger partial charge >= 0.3 is 59.1 Å². The van der Waals surface area contributed by atoms with E-state index in [0.29, 0.717) is 37.6 Å². The predicted molar refractivity (Wildman–Crippen MR) is 191 cm³/mol. The number of ether oxygens (including phenoxy) is 2. The summed E-state index contributed by atoms with van der Waals surface area (Å²) in [6, 6.07) is 22.0. The van der Waals surface area contributed by atoms with Crippen molar-refractivity contribution in [1.29, 1.82) is 0 Å². The van der Waals surface area contributed by atoms with Crippen LogP contribution < -0.4 is 78.2 Å². The Morgan fingerprint density at radius 1 is 0.927 bits per heavy atom. The number of carbonyl (C=O) groups excluding carboxylic acids is 3. The molecule has 282 valence electrons. The number of piperazine rings is 1. The molecular weight excluding hydrogens is 747 g/mol. The smallest absolute Gasteiger partial charge is 0.780 e. The fourth-order valence-electron chi connectivity index (χ4n) is 7.02. The second-order valence-corrected chi connectivity index (χ2v) is 14.3. The fourth-order valence-corrected chi connectivity index (χ4v) is 7.40. The van der Waals surface area contributed by atoms with Crippen LogP contribution in [0.1, 0.15) is 23.1 Å². The van der Waals surface area contributed by atoms with Gasteiger partial charge in [0.05, 0.1) is 26.3 Å². The quantitative estimate of drug-likeness (QED) is 0.0832. The molecule has 6 rings (SSSR count). The number of nitrogens with zero attached hydrogens (tertiary/aromatic N) is 5. The van der Waals surface area contributed by atoms with E-state index >= 15 is 0 Å². The van der Waals surface area contributed by atoms with E-state index < -0.39 is 20.0 Å². The minimum Gasteiger partial charge on any atom is -0.780 e. The third-order valence-corrected chi connectivity index (χ3v) is 9.95. The van der Waals surface area contributed by atoms with Gasteiger partial charge in [-0.05, 0) is 47.4 Å². The summed E-state index contributed by atoms with van der Waals surface area (Å²) in [7, 11) is -5.27. The van der Waals surface area contributed by atoms with Crippen LogP contribution in [-0.2, 0) is 43.1 Å². The van der Waals surface area contributed by atoms with Crippen molar-refractivity contribution < 1.29 is 102 Å². The van der Waals surface area contributed by atoms with E-state index in [1.165, 1.54) is 17.0 Å². The Hall–Kier alpha value is -2.56. The van der Waals surface area contributed by atoms with Crippen LogP contribution in [0, 0.1) is 0 Å². The molecule has 3 saturated heterocycles. The van der Waals surface area contributed by atoms with Crippen LogP contribution in [0.2, 0.25) is 0 Å². The molecule has 55 heavy (non-hydrogen) atoms. The molecule has 14 nitrogen and oxygen atoms in total. The number of amides is 3. The Bertz CT molecular complexity index is 1800. The number of hydrazine groups is 1. The monoisotopic (exact) mass is 791 g/mol. The third-order valence-electron chi connectivity index (χ3n) is 9.52. The summed E-state index contributed by atoms with van der Waals surface area (Å²) in [5.41, 5.74) is 2.42. The number of hydrogen-bond acceptors (Lipinski definition) is 11. The SMILES string of the molecule is C=CCN1CC(=O)N2[C@@H](Cc3ccc(OP(=O)([O-])[O-])cc3)C(=O)N(Cc3cccc(OCCN4CCOCC4)c3)C[C@@H]2N1C(=O)CCc1ccccc1.[Na+].[Na+]. The van der Waals surface area contributed by atoms with E-state index in [-0.39, 0.29) is 122 Å². The first-order valence-electron chi connectivity index (χ1n) is 17.7. The number of benzene rings is 3. The van der Waals surface area contributed by atoms with Crippen molar-refractivity contribution >= 4 is 25.5 Å². The summed E-state index contributed by atoms with van der Waals surface area (Å²) >= 11 is 0. The summed E-state index contributed by atoms with van der Waals surface area (Å²) in [5, 5.41) is 3.30. The van der Waals surface area contributed by atoms with Gasteiger partial charge in [-0.15, -0.1) is 6.58 Å². The summed E-state index contributed by atoms with van der Waals surface area (Å²) in [6.45, 7) is 8.65. The van der Waals surface area contributed by atoms with Gasteiger partial charge in [0.2, 0.25) is 17.7 Å². The van der Waals surface area contributed by atoms with E-state index in [1.54, 1.807) is 33.1 Å². The molecule has 0 bridgehead atoms. The molecule has 17 heteroatoms. The number of phosphoric acid groups is 1. The number of carbonyl (C=O) groups is 3. The molecule has 0 spiro atoms. The zero-order valence-corrected chi connectivity index (χ0v) is 36.4. The Labute approximate surface area is 366 Å². The van der Waals surface area contributed by atoms with Gasteiger partial charge < -0.3 is 38.1 Å². The maximum Gasteiger partial charge on any atom is 1.00 e. The van der Waals surface area contributed by atoms with Gasteiger partial charge in [0.1, 0.15) is 38.1 Å². The van der Waals surface area contributed by atoms with E-state index in [1.807, 2.05) is 54.6 Å². The summed E-state index contributed by atoms with van der Waals surface area (Å²) in [6.07, 6.45) is 1.59. The molecule has 0 aromatic heterocycles. The largest absolute Gasteiger partial charge is 1.00 e. The van der Waals surface area contributed by atoms with Crippen molar-refractivity contribution in [3.8, 4) is 11.5 Å². The minimum absolute atomic E-state index is 0. The van der Waals surface area contributed by atoms with Crippen LogP contribution in [0.3, 0.4) is 0 Å². The van der Waals surface area contributed by atoms with Gasteiger partial charge in [-0.25, -0.2) is 10.0 Å². The van der Waals surface area contributed by atoms with E-state index in [9.17, 15) is 28.7 Å². The summed E-state index contributed by atoms with van der Waals surface area (Å²) in [5.74, 6) is -0.289. The molecule has 3 amide bonds. The number of morpholine rings is 1. The first-order chi connectivity index (χ1) is 25.6. The van der Waals surface area contributed by atoms with E-state index in [2.05, 4.69) is 16.0 Å². The van der Waals surface area contributed by atoms with Gasteiger partial charge in [0, 0.05) is 45.6 Å². The normalized spacial score (nSPS) is 19.2. The van der Waals surface area contributed by atoms with Gasteiger partial charge in [-0.1, -0.05) is 60.7 Å². The van der Waals surface area contributed by atoms with Crippen LogP contribution in [0.4, 0.5) is 0 Å². The average Bonchev–Trinajstić information content (AvgIpc) is 3.14. The topological polar surface area (TPSA) is 158 Å². The van der Waals surface area contributed by atoms with Gasteiger partial charge in [0.15, 0.2) is 0 Å².